The second-order valence-corrected chi connectivity index (χ2v) is 11.9. The first kappa shape index (κ1) is 25.6. The summed E-state index contributed by atoms with van der Waals surface area (Å²) in [6, 6.07) is 59.6. The Morgan fingerprint density at radius 1 is 0.311 bits per heavy atom. The monoisotopic (exact) mass is 574 g/mol. The third kappa shape index (κ3) is 4.11. The number of para-hydroxylation sites is 2. The van der Waals surface area contributed by atoms with E-state index in [9.17, 15) is 0 Å². The average Bonchev–Trinajstić information content (AvgIpc) is 3.61. The van der Waals surface area contributed by atoms with Crippen LogP contribution in [0.25, 0.3) is 77.2 Å². The zero-order valence-electron chi connectivity index (χ0n) is 25.0. The molecule has 2 nitrogen and oxygen atoms in total. The lowest BCUT2D eigenvalue weighted by Crippen LogP contribution is -1.94. The van der Waals surface area contributed by atoms with E-state index < -0.39 is 0 Å². The van der Waals surface area contributed by atoms with Gasteiger partial charge < -0.3 is 9.13 Å². The van der Waals surface area contributed by atoms with Gasteiger partial charge >= 0.3 is 0 Å². The molecule has 0 N–H and O–H groups in total. The van der Waals surface area contributed by atoms with Crippen molar-refractivity contribution in [1.82, 2.24) is 9.13 Å². The Morgan fingerprint density at radius 2 is 0.756 bits per heavy atom. The van der Waals surface area contributed by atoms with Crippen molar-refractivity contribution in [2.24, 2.45) is 0 Å². The maximum absolute atomic E-state index is 2.39. The van der Waals surface area contributed by atoms with Gasteiger partial charge in [0.25, 0.3) is 0 Å². The van der Waals surface area contributed by atoms with Gasteiger partial charge in [0.1, 0.15) is 0 Å². The zero-order chi connectivity index (χ0) is 29.9. The molecule has 7 aromatic carbocycles. The second kappa shape index (κ2) is 10.1. The molecule has 0 aliphatic carbocycles. The number of aromatic nitrogens is 2. The number of benzene rings is 7. The van der Waals surface area contributed by atoms with Crippen molar-refractivity contribution < 1.29 is 0 Å². The van der Waals surface area contributed by atoms with Gasteiger partial charge in [-0.1, -0.05) is 103 Å². The van der Waals surface area contributed by atoms with E-state index in [1.165, 1.54) is 82.8 Å². The number of aryl methyl sites for hydroxylation is 1. The zero-order valence-corrected chi connectivity index (χ0v) is 25.0. The van der Waals surface area contributed by atoms with Crippen molar-refractivity contribution >= 4 is 43.6 Å². The standard InChI is InChI=1S/C43H30N2/c1-29-16-23-41-37(26-29)39-28-33(20-25-43(39)44(41)34-12-6-3-7-13-34)32-19-24-42-38(27-32)36-14-8-9-15-40(36)45(42)35-21-17-31(18-22-35)30-10-4-2-5-11-30/h2-28H,1H3. The molecule has 0 bridgehead atoms. The Hall–Kier alpha value is -5.86. The van der Waals surface area contributed by atoms with Crippen LogP contribution < -0.4 is 0 Å². The summed E-state index contributed by atoms with van der Waals surface area (Å²) in [6.07, 6.45) is 0. The Kier molecular flexibility index (Phi) is 5.76. The third-order valence-electron chi connectivity index (χ3n) is 9.17. The smallest absolute Gasteiger partial charge is 0.0541 e. The molecule has 0 aliphatic heterocycles. The molecule has 45 heavy (non-hydrogen) atoms. The first-order valence-corrected chi connectivity index (χ1v) is 15.5. The van der Waals surface area contributed by atoms with E-state index in [4.69, 9.17) is 0 Å². The summed E-state index contributed by atoms with van der Waals surface area (Å²) in [4.78, 5) is 0. The van der Waals surface area contributed by atoms with Crippen LogP contribution in [-0.4, -0.2) is 9.13 Å². The Balaban J connectivity index is 1.21. The van der Waals surface area contributed by atoms with E-state index >= 15 is 0 Å². The fourth-order valence-corrected chi connectivity index (χ4v) is 7.04. The van der Waals surface area contributed by atoms with Crippen molar-refractivity contribution in [3.63, 3.8) is 0 Å². The summed E-state index contributed by atoms with van der Waals surface area (Å²) in [5, 5.41) is 5.08. The van der Waals surface area contributed by atoms with E-state index in [2.05, 4.69) is 180 Å². The second-order valence-electron chi connectivity index (χ2n) is 11.9. The van der Waals surface area contributed by atoms with Crippen LogP contribution in [0.3, 0.4) is 0 Å². The van der Waals surface area contributed by atoms with Crippen LogP contribution in [0.5, 0.6) is 0 Å². The Labute approximate surface area is 262 Å². The highest BCUT2D eigenvalue weighted by Gasteiger charge is 2.16. The minimum atomic E-state index is 1.17. The molecule has 0 fully saturated rings. The molecular weight excluding hydrogens is 544 g/mol. The van der Waals surface area contributed by atoms with Crippen LogP contribution in [0.2, 0.25) is 0 Å². The number of nitrogens with zero attached hydrogens (tertiary/aromatic N) is 2. The largest absolute Gasteiger partial charge is 0.309 e. The summed E-state index contributed by atoms with van der Waals surface area (Å²) >= 11 is 0. The van der Waals surface area contributed by atoms with Crippen LogP contribution in [0.1, 0.15) is 5.56 Å². The average molecular weight is 575 g/mol. The number of hydrogen-bond donors (Lipinski definition) is 0. The molecule has 0 saturated heterocycles. The molecule has 9 aromatic rings. The molecule has 9 rings (SSSR count). The van der Waals surface area contributed by atoms with Crippen LogP contribution in [0.15, 0.2) is 164 Å². The molecule has 0 amide bonds. The number of fused-ring (bicyclic) bond motifs is 6. The van der Waals surface area contributed by atoms with Gasteiger partial charge in [-0.2, -0.15) is 0 Å². The first-order valence-electron chi connectivity index (χ1n) is 15.5. The number of hydrogen-bond acceptors (Lipinski definition) is 0. The van der Waals surface area contributed by atoms with Gasteiger partial charge in [0.2, 0.25) is 0 Å². The lowest BCUT2D eigenvalue weighted by molar-refractivity contribution is 1.18. The van der Waals surface area contributed by atoms with E-state index in [0.29, 0.717) is 0 Å². The van der Waals surface area contributed by atoms with Gasteiger partial charge in [-0.05, 0) is 95.9 Å². The van der Waals surface area contributed by atoms with Crippen LogP contribution in [-0.2, 0) is 0 Å². The molecule has 0 saturated carbocycles. The summed E-state index contributed by atoms with van der Waals surface area (Å²) < 4.78 is 4.77. The highest BCUT2D eigenvalue weighted by molar-refractivity contribution is 6.12. The van der Waals surface area contributed by atoms with E-state index in [1.807, 2.05) is 0 Å². The molecule has 2 aromatic heterocycles. The predicted molar refractivity (Wildman–Crippen MR) is 191 cm³/mol. The summed E-state index contributed by atoms with van der Waals surface area (Å²) in [6.45, 7) is 2.17. The SMILES string of the molecule is Cc1ccc2c(c1)c1cc(-c3ccc4c(c3)c3ccccc3n4-c3ccc(-c4ccccc4)cc3)ccc1n2-c1ccccc1. The summed E-state index contributed by atoms with van der Waals surface area (Å²) in [7, 11) is 0. The van der Waals surface area contributed by atoms with E-state index in [1.54, 1.807) is 0 Å². The Morgan fingerprint density at radius 3 is 1.42 bits per heavy atom. The van der Waals surface area contributed by atoms with E-state index in [-0.39, 0.29) is 0 Å². The molecule has 0 spiro atoms. The van der Waals surface area contributed by atoms with Gasteiger partial charge in [-0.3, -0.25) is 0 Å². The molecule has 0 radical (unpaired) electrons. The van der Waals surface area contributed by atoms with Gasteiger partial charge in [0.05, 0.1) is 22.1 Å². The van der Waals surface area contributed by atoms with Crippen molar-refractivity contribution in [2.75, 3.05) is 0 Å². The van der Waals surface area contributed by atoms with Crippen molar-refractivity contribution in [3.05, 3.63) is 169 Å². The highest BCUT2D eigenvalue weighted by atomic mass is 15.0. The van der Waals surface area contributed by atoms with Gasteiger partial charge in [-0.25, -0.2) is 0 Å². The lowest BCUT2D eigenvalue weighted by atomic mass is 10.0. The van der Waals surface area contributed by atoms with Crippen molar-refractivity contribution in [2.45, 2.75) is 6.92 Å². The third-order valence-corrected chi connectivity index (χ3v) is 9.17. The molecule has 2 heteroatoms. The van der Waals surface area contributed by atoms with Gasteiger partial charge in [-0.15, -0.1) is 0 Å². The summed E-state index contributed by atoms with van der Waals surface area (Å²) in [5.41, 5.74) is 13.4. The first-order chi connectivity index (χ1) is 22.2. The molecule has 0 atom stereocenters. The molecule has 0 aliphatic rings. The highest BCUT2D eigenvalue weighted by Crippen LogP contribution is 2.38. The number of rotatable bonds is 4. The predicted octanol–water partition coefficient (Wildman–Crippen LogP) is 11.5. The van der Waals surface area contributed by atoms with Gasteiger partial charge in [0, 0.05) is 32.9 Å². The Bertz CT molecular complexity index is 2510. The fraction of sp³-hybridized carbons (Fsp3) is 0.0233. The molecule has 212 valence electrons. The lowest BCUT2D eigenvalue weighted by Gasteiger charge is -2.10. The molecule has 2 heterocycles. The quantitative estimate of drug-likeness (QED) is 0.198. The van der Waals surface area contributed by atoms with Crippen LogP contribution in [0.4, 0.5) is 0 Å². The molecular formula is C43H30N2. The normalized spacial score (nSPS) is 11.7. The minimum Gasteiger partial charge on any atom is -0.309 e. The van der Waals surface area contributed by atoms with Crippen LogP contribution >= 0.6 is 0 Å². The molecule has 0 unspecified atom stereocenters. The van der Waals surface area contributed by atoms with Crippen LogP contribution in [0, 0.1) is 6.92 Å². The summed E-state index contributed by atoms with van der Waals surface area (Å²) in [5.74, 6) is 0. The van der Waals surface area contributed by atoms with Gasteiger partial charge in [0.15, 0.2) is 0 Å². The maximum atomic E-state index is 2.39. The van der Waals surface area contributed by atoms with Crippen molar-refractivity contribution in [3.8, 4) is 33.6 Å². The van der Waals surface area contributed by atoms with E-state index in [0.717, 1.165) is 0 Å². The topological polar surface area (TPSA) is 9.86 Å². The van der Waals surface area contributed by atoms with Crippen molar-refractivity contribution in [1.29, 1.82) is 0 Å². The fourth-order valence-electron chi connectivity index (χ4n) is 7.04. The maximum Gasteiger partial charge on any atom is 0.0541 e. The minimum absolute atomic E-state index is 1.17.